The number of aryl methyl sites for hydroxylation is 1. The van der Waals surface area contributed by atoms with Crippen LogP contribution in [0.5, 0.6) is 0 Å². The third-order valence-electron chi connectivity index (χ3n) is 4.79. The van der Waals surface area contributed by atoms with Gasteiger partial charge in [-0.1, -0.05) is 61.0 Å². The van der Waals surface area contributed by atoms with Crippen molar-refractivity contribution < 1.29 is 9.59 Å². The Morgan fingerprint density at radius 2 is 1.62 bits per heavy atom. The van der Waals surface area contributed by atoms with E-state index in [2.05, 4.69) is 5.32 Å². The summed E-state index contributed by atoms with van der Waals surface area (Å²) in [6, 6.07) is 14.7. The number of amides is 2. The molecule has 0 bridgehead atoms. The summed E-state index contributed by atoms with van der Waals surface area (Å²) in [4.78, 5) is 28.0. The van der Waals surface area contributed by atoms with Gasteiger partial charge in [-0.3, -0.25) is 9.59 Å². The van der Waals surface area contributed by atoms with Crippen LogP contribution in [0.15, 0.2) is 48.5 Å². The molecule has 0 aromatic heterocycles. The molecule has 2 aromatic carbocycles. The summed E-state index contributed by atoms with van der Waals surface area (Å²) in [7, 11) is 0. The average Bonchev–Trinajstić information content (AvgIpc) is 2.63. The topological polar surface area (TPSA) is 49.4 Å². The molecule has 1 N–H and O–H groups in total. The van der Waals surface area contributed by atoms with Gasteiger partial charge in [0.1, 0.15) is 6.04 Å². The van der Waals surface area contributed by atoms with Crippen molar-refractivity contribution in [3.8, 4) is 0 Å². The number of hydrogen-bond donors (Lipinski definition) is 1. The molecule has 0 fully saturated rings. The lowest BCUT2D eigenvalue weighted by atomic mass is 10.0. The SMILES string of the molecule is CC[C@H](C(=O)NC(C)(C)C)N(Cc1ccccc1C)C(=O)Cc1ccccc1Cl. The summed E-state index contributed by atoms with van der Waals surface area (Å²) >= 11 is 6.27. The Kier molecular flexibility index (Phi) is 7.86. The predicted molar refractivity (Wildman–Crippen MR) is 119 cm³/mol. The molecule has 0 aliphatic heterocycles. The highest BCUT2D eigenvalue weighted by atomic mass is 35.5. The van der Waals surface area contributed by atoms with E-state index in [9.17, 15) is 9.59 Å². The molecule has 4 nitrogen and oxygen atoms in total. The quantitative estimate of drug-likeness (QED) is 0.699. The van der Waals surface area contributed by atoms with Crippen molar-refractivity contribution in [3.63, 3.8) is 0 Å². The summed E-state index contributed by atoms with van der Waals surface area (Å²) in [6.45, 7) is 10.1. The molecule has 0 saturated carbocycles. The Bertz CT molecular complexity index is 858. The minimum absolute atomic E-state index is 0.114. The maximum Gasteiger partial charge on any atom is 0.243 e. The van der Waals surface area contributed by atoms with Crippen LogP contribution in [0.1, 0.15) is 50.8 Å². The Balaban J connectivity index is 2.35. The molecular weight excluding hydrogens is 384 g/mol. The molecule has 29 heavy (non-hydrogen) atoms. The lowest BCUT2D eigenvalue weighted by molar-refractivity contribution is -0.141. The summed E-state index contributed by atoms with van der Waals surface area (Å²) < 4.78 is 0. The number of nitrogens with zero attached hydrogens (tertiary/aromatic N) is 1. The van der Waals surface area contributed by atoms with Crippen molar-refractivity contribution in [1.82, 2.24) is 10.2 Å². The molecule has 0 spiro atoms. The van der Waals surface area contributed by atoms with E-state index < -0.39 is 6.04 Å². The highest BCUT2D eigenvalue weighted by molar-refractivity contribution is 6.31. The van der Waals surface area contributed by atoms with Gasteiger partial charge in [0.05, 0.1) is 6.42 Å². The van der Waals surface area contributed by atoms with Crippen molar-refractivity contribution >= 4 is 23.4 Å². The number of halogens is 1. The lowest BCUT2D eigenvalue weighted by Crippen LogP contribution is -2.53. The number of benzene rings is 2. The van der Waals surface area contributed by atoms with E-state index in [4.69, 9.17) is 11.6 Å². The van der Waals surface area contributed by atoms with Crippen LogP contribution in [0, 0.1) is 6.92 Å². The zero-order chi connectivity index (χ0) is 21.6. The molecule has 0 saturated heterocycles. The van der Waals surface area contributed by atoms with Crippen molar-refractivity contribution in [1.29, 1.82) is 0 Å². The fourth-order valence-electron chi connectivity index (χ4n) is 3.25. The molecule has 0 heterocycles. The fraction of sp³-hybridized carbons (Fsp3) is 0.417. The van der Waals surface area contributed by atoms with Crippen molar-refractivity contribution in [2.24, 2.45) is 0 Å². The second kappa shape index (κ2) is 9.93. The van der Waals surface area contributed by atoms with Gasteiger partial charge in [0.2, 0.25) is 11.8 Å². The molecule has 0 radical (unpaired) electrons. The first-order chi connectivity index (χ1) is 13.6. The second-order valence-electron chi connectivity index (χ2n) is 8.38. The van der Waals surface area contributed by atoms with Gasteiger partial charge in [0, 0.05) is 17.1 Å². The van der Waals surface area contributed by atoms with E-state index in [0.717, 1.165) is 16.7 Å². The van der Waals surface area contributed by atoms with Gasteiger partial charge >= 0.3 is 0 Å². The zero-order valence-corrected chi connectivity index (χ0v) is 18.7. The molecule has 0 unspecified atom stereocenters. The van der Waals surface area contributed by atoms with Crippen LogP contribution >= 0.6 is 11.6 Å². The number of hydrogen-bond acceptors (Lipinski definition) is 2. The van der Waals surface area contributed by atoms with Crippen LogP contribution in [0.25, 0.3) is 0 Å². The Labute approximate surface area is 179 Å². The molecule has 156 valence electrons. The standard InChI is InChI=1S/C24H31ClN2O2/c1-6-21(23(29)26-24(3,4)5)27(16-19-13-8-7-11-17(19)2)22(28)15-18-12-9-10-14-20(18)25/h7-14,21H,6,15-16H2,1-5H3,(H,26,29)/t21-/m1/s1. The normalized spacial score (nSPS) is 12.3. The Morgan fingerprint density at radius 1 is 1.03 bits per heavy atom. The minimum atomic E-state index is -0.552. The van der Waals surface area contributed by atoms with E-state index in [1.54, 1.807) is 11.0 Å². The molecular formula is C24H31ClN2O2. The van der Waals surface area contributed by atoms with Gasteiger partial charge in [-0.05, 0) is 56.9 Å². The van der Waals surface area contributed by atoms with Gasteiger partial charge in [-0.15, -0.1) is 0 Å². The van der Waals surface area contributed by atoms with Crippen molar-refractivity contribution in [2.75, 3.05) is 0 Å². The summed E-state index contributed by atoms with van der Waals surface area (Å²) in [6.07, 6.45) is 0.687. The summed E-state index contributed by atoms with van der Waals surface area (Å²) in [5.41, 5.74) is 2.51. The molecule has 0 aliphatic rings. The monoisotopic (exact) mass is 414 g/mol. The van der Waals surface area contributed by atoms with Crippen LogP contribution in [-0.4, -0.2) is 28.3 Å². The van der Waals surface area contributed by atoms with E-state index in [-0.39, 0.29) is 23.8 Å². The lowest BCUT2D eigenvalue weighted by Gasteiger charge is -2.33. The number of rotatable bonds is 7. The van der Waals surface area contributed by atoms with Gasteiger partial charge in [0.25, 0.3) is 0 Å². The van der Waals surface area contributed by atoms with Gasteiger partial charge in [-0.25, -0.2) is 0 Å². The average molecular weight is 415 g/mol. The third kappa shape index (κ3) is 6.60. The van der Waals surface area contributed by atoms with Crippen LogP contribution < -0.4 is 5.32 Å². The number of carbonyl (C=O) groups is 2. The fourth-order valence-corrected chi connectivity index (χ4v) is 3.45. The second-order valence-corrected chi connectivity index (χ2v) is 8.79. The third-order valence-corrected chi connectivity index (χ3v) is 5.15. The maximum atomic E-state index is 13.3. The molecule has 1 atom stereocenters. The minimum Gasteiger partial charge on any atom is -0.350 e. The molecule has 2 amide bonds. The number of carbonyl (C=O) groups excluding carboxylic acids is 2. The molecule has 2 aromatic rings. The van der Waals surface area contributed by atoms with E-state index in [1.165, 1.54) is 0 Å². The van der Waals surface area contributed by atoms with Gasteiger partial charge in [0.15, 0.2) is 0 Å². The molecule has 5 heteroatoms. The first-order valence-electron chi connectivity index (χ1n) is 10.0. The zero-order valence-electron chi connectivity index (χ0n) is 18.0. The van der Waals surface area contributed by atoms with Crippen LogP contribution in [0.2, 0.25) is 5.02 Å². The first kappa shape index (κ1) is 23.0. The van der Waals surface area contributed by atoms with Crippen molar-refractivity contribution in [3.05, 3.63) is 70.2 Å². The van der Waals surface area contributed by atoms with Crippen LogP contribution in [0.4, 0.5) is 0 Å². The van der Waals surface area contributed by atoms with E-state index in [1.807, 2.05) is 77.1 Å². The summed E-state index contributed by atoms with van der Waals surface area (Å²) in [5, 5.41) is 3.58. The van der Waals surface area contributed by atoms with E-state index >= 15 is 0 Å². The maximum absolute atomic E-state index is 13.3. The highest BCUT2D eigenvalue weighted by Gasteiger charge is 2.31. The number of nitrogens with one attached hydrogen (secondary N) is 1. The Morgan fingerprint density at radius 3 is 2.17 bits per heavy atom. The molecule has 2 rings (SSSR count). The smallest absolute Gasteiger partial charge is 0.243 e. The van der Waals surface area contributed by atoms with Gasteiger partial charge in [-0.2, -0.15) is 0 Å². The van der Waals surface area contributed by atoms with Crippen LogP contribution in [-0.2, 0) is 22.6 Å². The predicted octanol–water partition coefficient (Wildman–Crippen LogP) is 4.91. The van der Waals surface area contributed by atoms with Crippen molar-refractivity contribution in [2.45, 2.75) is 65.6 Å². The van der Waals surface area contributed by atoms with E-state index in [0.29, 0.717) is 18.0 Å². The highest BCUT2D eigenvalue weighted by Crippen LogP contribution is 2.20. The largest absolute Gasteiger partial charge is 0.350 e. The molecule has 0 aliphatic carbocycles. The first-order valence-corrected chi connectivity index (χ1v) is 10.4. The van der Waals surface area contributed by atoms with Crippen LogP contribution in [0.3, 0.4) is 0 Å². The van der Waals surface area contributed by atoms with Gasteiger partial charge < -0.3 is 10.2 Å². The summed E-state index contributed by atoms with van der Waals surface area (Å²) in [5.74, 6) is -0.252. The Hall–Kier alpha value is -2.33.